The molecule has 0 heterocycles. The van der Waals surface area contributed by atoms with Crippen LogP contribution in [-0.4, -0.2) is 23.6 Å². The van der Waals surface area contributed by atoms with Crippen molar-refractivity contribution in [3.8, 4) is 0 Å². The Morgan fingerprint density at radius 3 is 2.36 bits per heavy atom. The zero-order valence-electron chi connectivity index (χ0n) is 13.4. The van der Waals surface area contributed by atoms with Crippen molar-refractivity contribution >= 4 is 23.6 Å². The van der Waals surface area contributed by atoms with E-state index in [2.05, 4.69) is 36.6 Å². The third kappa shape index (κ3) is 5.37. The molecule has 4 nitrogen and oxygen atoms in total. The molecule has 1 fully saturated rings. The molecule has 120 valence electrons. The Kier molecular flexibility index (Phi) is 5.89. The minimum absolute atomic E-state index is 0.00198. The lowest BCUT2D eigenvalue weighted by atomic mass is 10.1. The average Bonchev–Trinajstić information content (AvgIpc) is 3.29. The van der Waals surface area contributed by atoms with Crippen molar-refractivity contribution in [1.82, 2.24) is 10.6 Å². The standard InChI is InChI=1S/C17H24N2O2S/c1-11(2)22-15-8-6-13(7-9-15)12(3)19-16(20)10-18-17(21)14-4-5-14/h6-9,11-12,14H,4-5,10H2,1-3H3,(H,18,21)(H,19,20)/t12-/m1/s1. The van der Waals surface area contributed by atoms with Gasteiger partial charge in [0.25, 0.3) is 0 Å². The van der Waals surface area contributed by atoms with Crippen molar-refractivity contribution in [1.29, 1.82) is 0 Å². The second-order valence-electron chi connectivity index (χ2n) is 6.02. The van der Waals surface area contributed by atoms with E-state index in [1.807, 2.05) is 30.8 Å². The Hall–Kier alpha value is -1.49. The summed E-state index contributed by atoms with van der Waals surface area (Å²) in [5, 5.41) is 6.14. The molecule has 1 aliphatic carbocycles. The molecule has 2 rings (SSSR count). The van der Waals surface area contributed by atoms with Crippen LogP contribution in [0, 0.1) is 5.92 Å². The van der Waals surface area contributed by atoms with E-state index in [-0.39, 0.29) is 30.3 Å². The van der Waals surface area contributed by atoms with Crippen molar-refractivity contribution in [2.24, 2.45) is 5.92 Å². The van der Waals surface area contributed by atoms with E-state index < -0.39 is 0 Å². The maximum Gasteiger partial charge on any atom is 0.239 e. The Labute approximate surface area is 136 Å². The van der Waals surface area contributed by atoms with Crippen LogP contribution in [0.15, 0.2) is 29.2 Å². The van der Waals surface area contributed by atoms with E-state index in [1.54, 1.807) is 0 Å². The van der Waals surface area contributed by atoms with E-state index in [0.717, 1.165) is 18.4 Å². The van der Waals surface area contributed by atoms with Crippen molar-refractivity contribution in [2.75, 3.05) is 6.54 Å². The molecule has 2 N–H and O–H groups in total. The third-order valence-corrected chi connectivity index (χ3v) is 4.52. The van der Waals surface area contributed by atoms with Crippen LogP contribution < -0.4 is 10.6 Å². The topological polar surface area (TPSA) is 58.2 Å². The molecule has 1 aromatic carbocycles. The molecule has 1 aromatic rings. The van der Waals surface area contributed by atoms with Crippen molar-refractivity contribution in [2.45, 2.75) is 49.8 Å². The molecule has 1 saturated carbocycles. The minimum Gasteiger partial charge on any atom is -0.348 e. The quantitative estimate of drug-likeness (QED) is 0.760. The first-order valence-electron chi connectivity index (χ1n) is 7.79. The van der Waals surface area contributed by atoms with E-state index in [0.29, 0.717) is 5.25 Å². The number of amides is 2. The van der Waals surface area contributed by atoms with Crippen molar-refractivity contribution in [3.63, 3.8) is 0 Å². The van der Waals surface area contributed by atoms with Crippen LogP contribution in [0.4, 0.5) is 0 Å². The molecule has 0 radical (unpaired) electrons. The molecule has 2 amide bonds. The lowest BCUT2D eigenvalue weighted by Gasteiger charge is -2.15. The van der Waals surface area contributed by atoms with Gasteiger partial charge in [-0.05, 0) is 37.5 Å². The summed E-state index contributed by atoms with van der Waals surface area (Å²) in [6.07, 6.45) is 1.90. The molecule has 1 atom stereocenters. The van der Waals surface area contributed by atoms with Gasteiger partial charge in [0.05, 0.1) is 12.6 Å². The molecule has 0 spiro atoms. The number of carbonyl (C=O) groups is 2. The van der Waals surface area contributed by atoms with Gasteiger partial charge in [0.2, 0.25) is 11.8 Å². The van der Waals surface area contributed by atoms with Crippen LogP contribution in [0.5, 0.6) is 0 Å². The van der Waals surface area contributed by atoms with Gasteiger partial charge in [-0.3, -0.25) is 9.59 Å². The Morgan fingerprint density at radius 1 is 1.18 bits per heavy atom. The Morgan fingerprint density at radius 2 is 1.82 bits per heavy atom. The lowest BCUT2D eigenvalue weighted by Crippen LogP contribution is -2.38. The van der Waals surface area contributed by atoms with Crippen LogP contribution >= 0.6 is 11.8 Å². The maximum atomic E-state index is 11.9. The van der Waals surface area contributed by atoms with E-state index in [4.69, 9.17) is 0 Å². The largest absolute Gasteiger partial charge is 0.348 e. The number of nitrogens with one attached hydrogen (secondary N) is 2. The number of hydrogen-bond acceptors (Lipinski definition) is 3. The second kappa shape index (κ2) is 7.68. The van der Waals surface area contributed by atoms with Gasteiger partial charge < -0.3 is 10.6 Å². The summed E-state index contributed by atoms with van der Waals surface area (Å²) >= 11 is 1.82. The first kappa shape index (κ1) is 16.9. The SMILES string of the molecule is CC(C)Sc1ccc([C@@H](C)NC(=O)CNC(=O)C2CC2)cc1. The average molecular weight is 320 g/mol. The van der Waals surface area contributed by atoms with E-state index >= 15 is 0 Å². The fourth-order valence-corrected chi connectivity index (χ4v) is 2.98. The van der Waals surface area contributed by atoms with E-state index in [1.165, 1.54) is 4.90 Å². The predicted octanol–water partition coefficient (Wildman–Crippen LogP) is 2.89. The number of carbonyl (C=O) groups excluding carboxylic acids is 2. The van der Waals surface area contributed by atoms with E-state index in [9.17, 15) is 9.59 Å². The Bertz CT molecular complexity index is 524. The van der Waals surface area contributed by atoms with Crippen molar-refractivity contribution < 1.29 is 9.59 Å². The summed E-state index contributed by atoms with van der Waals surface area (Å²) in [6, 6.07) is 8.18. The van der Waals surface area contributed by atoms with Crippen LogP contribution in [0.25, 0.3) is 0 Å². The van der Waals surface area contributed by atoms with Crippen LogP contribution in [0.1, 0.15) is 45.2 Å². The number of rotatable bonds is 7. The predicted molar refractivity (Wildman–Crippen MR) is 89.7 cm³/mol. The number of thioether (sulfide) groups is 1. The number of hydrogen-bond donors (Lipinski definition) is 2. The smallest absolute Gasteiger partial charge is 0.239 e. The Balaban J connectivity index is 1.78. The summed E-state index contributed by atoms with van der Waals surface area (Å²) in [4.78, 5) is 24.6. The number of benzene rings is 1. The first-order chi connectivity index (χ1) is 10.5. The summed E-state index contributed by atoms with van der Waals surface area (Å²) < 4.78 is 0. The molecule has 5 heteroatoms. The highest BCUT2D eigenvalue weighted by molar-refractivity contribution is 7.99. The monoisotopic (exact) mass is 320 g/mol. The summed E-state index contributed by atoms with van der Waals surface area (Å²) in [5.41, 5.74) is 1.06. The highest BCUT2D eigenvalue weighted by Crippen LogP contribution is 2.28. The van der Waals surface area contributed by atoms with Gasteiger partial charge in [0.15, 0.2) is 0 Å². The first-order valence-corrected chi connectivity index (χ1v) is 8.67. The molecular formula is C17H24N2O2S. The van der Waals surface area contributed by atoms with Crippen molar-refractivity contribution in [3.05, 3.63) is 29.8 Å². The molecular weight excluding hydrogens is 296 g/mol. The molecule has 0 aliphatic heterocycles. The van der Waals surface area contributed by atoms with Gasteiger partial charge in [-0.15, -0.1) is 11.8 Å². The molecule has 0 bridgehead atoms. The third-order valence-electron chi connectivity index (χ3n) is 3.50. The van der Waals surface area contributed by atoms with Gasteiger partial charge in [-0.1, -0.05) is 26.0 Å². The van der Waals surface area contributed by atoms with Gasteiger partial charge >= 0.3 is 0 Å². The highest BCUT2D eigenvalue weighted by atomic mass is 32.2. The minimum atomic E-state index is -0.151. The zero-order valence-corrected chi connectivity index (χ0v) is 14.2. The molecule has 0 saturated heterocycles. The second-order valence-corrected chi connectivity index (χ2v) is 7.67. The lowest BCUT2D eigenvalue weighted by molar-refractivity contribution is -0.127. The van der Waals surface area contributed by atoms with Crippen LogP contribution in [-0.2, 0) is 9.59 Å². The van der Waals surface area contributed by atoms with Gasteiger partial charge in [0.1, 0.15) is 0 Å². The van der Waals surface area contributed by atoms with Gasteiger partial charge in [-0.25, -0.2) is 0 Å². The van der Waals surface area contributed by atoms with Crippen LogP contribution in [0.2, 0.25) is 0 Å². The summed E-state index contributed by atoms with van der Waals surface area (Å²) in [6.45, 7) is 6.33. The normalized spacial score (nSPS) is 15.5. The zero-order chi connectivity index (χ0) is 16.1. The van der Waals surface area contributed by atoms with Gasteiger partial charge in [0, 0.05) is 16.1 Å². The molecule has 0 aromatic heterocycles. The molecule has 1 aliphatic rings. The summed E-state index contributed by atoms with van der Waals surface area (Å²) in [7, 11) is 0. The van der Waals surface area contributed by atoms with Crippen LogP contribution in [0.3, 0.4) is 0 Å². The maximum absolute atomic E-state index is 11.9. The van der Waals surface area contributed by atoms with Gasteiger partial charge in [-0.2, -0.15) is 0 Å². The molecule has 0 unspecified atom stereocenters. The summed E-state index contributed by atoms with van der Waals surface area (Å²) in [5.74, 6) is -0.0174. The fraction of sp³-hybridized carbons (Fsp3) is 0.529. The molecule has 22 heavy (non-hydrogen) atoms. The highest BCUT2D eigenvalue weighted by Gasteiger charge is 2.29. The fourth-order valence-electron chi connectivity index (χ4n) is 2.14.